The predicted octanol–water partition coefficient (Wildman–Crippen LogP) is 3.82. The molecule has 110 valence electrons. The second kappa shape index (κ2) is 6.99. The van der Waals surface area contributed by atoms with E-state index in [4.69, 9.17) is 26.8 Å². The van der Waals surface area contributed by atoms with Gasteiger partial charge in [-0.05, 0) is 36.8 Å². The molecule has 2 N–H and O–H groups in total. The Morgan fingerprint density at radius 3 is 2.71 bits per heavy atom. The molecule has 4 nitrogen and oxygen atoms in total. The Labute approximate surface area is 128 Å². The van der Waals surface area contributed by atoms with Gasteiger partial charge in [0.2, 0.25) is 0 Å². The number of hydrogen-bond donors (Lipinski definition) is 1. The Morgan fingerprint density at radius 2 is 2.00 bits per heavy atom. The molecule has 5 heteroatoms. The number of ether oxygens (including phenoxy) is 2. The summed E-state index contributed by atoms with van der Waals surface area (Å²) >= 11 is 5.91. The summed E-state index contributed by atoms with van der Waals surface area (Å²) in [6, 6.07) is 12.3. The van der Waals surface area contributed by atoms with Gasteiger partial charge in [0.15, 0.2) is 5.75 Å². The monoisotopic (exact) mass is 305 g/mol. The molecule has 2 aromatic carbocycles. The van der Waals surface area contributed by atoms with Gasteiger partial charge in [0.1, 0.15) is 5.75 Å². The number of esters is 1. The first kappa shape index (κ1) is 15.2. The third-order valence-corrected chi connectivity index (χ3v) is 3.06. The summed E-state index contributed by atoms with van der Waals surface area (Å²) in [5.74, 6) is 0.755. The second-order valence-corrected chi connectivity index (χ2v) is 4.81. The fourth-order valence-electron chi connectivity index (χ4n) is 1.86. The number of carbonyl (C=O) groups is 1. The Morgan fingerprint density at radius 1 is 1.24 bits per heavy atom. The molecule has 0 heterocycles. The van der Waals surface area contributed by atoms with Crippen molar-refractivity contribution in [1.29, 1.82) is 0 Å². The van der Waals surface area contributed by atoms with E-state index in [1.807, 2.05) is 0 Å². The first-order valence-corrected chi connectivity index (χ1v) is 6.94. The van der Waals surface area contributed by atoms with E-state index in [-0.39, 0.29) is 12.4 Å². The molecule has 2 aromatic rings. The molecule has 0 amide bonds. The smallest absolute Gasteiger partial charge is 0.310 e. The van der Waals surface area contributed by atoms with Crippen molar-refractivity contribution in [3.8, 4) is 11.5 Å². The minimum Gasteiger partial charge on any atom is -0.466 e. The number of hydrogen-bond acceptors (Lipinski definition) is 4. The molecule has 0 spiro atoms. The van der Waals surface area contributed by atoms with Gasteiger partial charge >= 0.3 is 5.97 Å². The molecular weight excluding hydrogens is 290 g/mol. The zero-order valence-electron chi connectivity index (χ0n) is 11.6. The normalized spacial score (nSPS) is 10.2. The van der Waals surface area contributed by atoms with Crippen molar-refractivity contribution in [3.05, 3.63) is 53.1 Å². The fraction of sp³-hybridized carbons (Fsp3) is 0.188. The van der Waals surface area contributed by atoms with Gasteiger partial charge in [-0.1, -0.05) is 29.8 Å². The van der Waals surface area contributed by atoms with E-state index in [1.165, 1.54) is 0 Å². The topological polar surface area (TPSA) is 61.5 Å². The van der Waals surface area contributed by atoms with Crippen LogP contribution in [0.1, 0.15) is 12.5 Å². The number of anilines is 1. The molecule has 0 saturated carbocycles. The van der Waals surface area contributed by atoms with Gasteiger partial charge in [-0.25, -0.2) is 0 Å². The van der Waals surface area contributed by atoms with Crippen molar-refractivity contribution in [2.45, 2.75) is 13.3 Å². The zero-order valence-corrected chi connectivity index (χ0v) is 12.4. The molecule has 0 fully saturated rings. The van der Waals surface area contributed by atoms with Crippen LogP contribution in [0, 0.1) is 0 Å². The molecule has 0 aliphatic rings. The van der Waals surface area contributed by atoms with Crippen molar-refractivity contribution in [2.24, 2.45) is 0 Å². The van der Waals surface area contributed by atoms with Crippen LogP contribution in [-0.2, 0) is 16.0 Å². The number of carbonyl (C=O) groups excluding carboxylic acids is 1. The molecule has 2 rings (SSSR count). The van der Waals surface area contributed by atoms with Crippen LogP contribution < -0.4 is 10.5 Å². The average Bonchev–Trinajstić information content (AvgIpc) is 2.44. The molecule has 0 radical (unpaired) electrons. The molecule has 0 aliphatic carbocycles. The summed E-state index contributed by atoms with van der Waals surface area (Å²) in [5, 5.41) is 0.578. The number of rotatable bonds is 5. The third-order valence-electron chi connectivity index (χ3n) is 2.82. The Bertz CT molecular complexity index is 643. The molecule has 0 aliphatic heterocycles. The first-order chi connectivity index (χ1) is 10.1. The number of halogens is 1. The predicted molar refractivity (Wildman–Crippen MR) is 82.7 cm³/mol. The highest BCUT2D eigenvalue weighted by Crippen LogP contribution is 2.31. The fourth-order valence-corrected chi connectivity index (χ4v) is 2.04. The van der Waals surface area contributed by atoms with Gasteiger partial charge in [-0.2, -0.15) is 0 Å². The molecule has 0 bridgehead atoms. The summed E-state index contributed by atoms with van der Waals surface area (Å²) in [5.41, 5.74) is 7.14. The van der Waals surface area contributed by atoms with Crippen molar-refractivity contribution in [3.63, 3.8) is 0 Å². The summed E-state index contributed by atoms with van der Waals surface area (Å²) in [7, 11) is 0. The summed E-state index contributed by atoms with van der Waals surface area (Å²) in [4.78, 5) is 11.5. The maximum atomic E-state index is 11.5. The zero-order chi connectivity index (χ0) is 15.2. The van der Waals surface area contributed by atoms with E-state index >= 15 is 0 Å². The third kappa shape index (κ3) is 4.13. The lowest BCUT2D eigenvalue weighted by Gasteiger charge is -2.12. The van der Waals surface area contributed by atoms with Crippen molar-refractivity contribution in [2.75, 3.05) is 12.3 Å². The number of nitrogens with two attached hydrogens (primary N) is 1. The van der Waals surface area contributed by atoms with Gasteiger partial charge in [-0.3, -0.25) is 4.79 Å². The summed E-state index contributed by atoms with van der Waals surface area (Å²) in [6.45, 7) is 2.11. The largest absolute Gasteiger partial charge is 0.466 e. The van der Waals surface area contributed by atoms with Crippen LogP contribution in [0.5, 0.6) is 11.5 Å². The lowest BCUT2D eigenvalue weighted by Crippen LogP contribution is -2.09. The van der Waals surface area contributed by atoms with Gasteiger partial charge in [0.25, 0.3) is 0 Å². The van der Waals surface area contributed by atoms with E-state index in [1.54, 1.807) is 49.4 Å². The molecule has 21 heavy (non-hydrogen) atoms. The SMILES string of the molecule is CCOC(=O)Cc1cccc(Oc2cccc(Cl)c2)c1N. The van der Waals surface area contributed by atoms with E-state index < -0.39 is 0 Å². The van der Waals surface area contributed by atoms with E-state index in [0.717, 1.165) is 0 Å². The molecule has 0 atom stereocenters. The van der Waals surface area contributed by atoms with Crippen LogP contribution in [0.4, 0.5) is 5.69 Å². The van der Waals surface area contributed by atoms with Crippen molar-refractivity contribution < 1.29 is 14.3 Å². The quantitative estimate of drug-likeness (QED) is 0.674. The average molecular weight is 306 g/mol. The lowest BCUT2D eigenvalue weighted by molar-refractivity contribution is -0.142. The second-order valence-electron chi connectivity index (χ2n) is 4.37. The maximum absolute atomic E-state index is 11.5. The van der Waals surface area contributed by atoms with Crippen LogP contribution in [0.2, 0.25) is 5.02 Å². The van der Waals surface area contributed by atoms with Crippen LogP contribution in [0.15, 0.2) is 42.5 Å². The van der Waals surface area contributed by atoms with E-state index in [9.17, 15) is 4.79 Å². The molecule has 0 saturated heterocycles. The van der Waals surface area contributed by atoms with E-state index in [2.05, 4.69) is 0 Å². The Kier molecular flexibility index (Phi) is 5.06. The molecule has 0 unspecified atom stereocenters. The minimum absolute atomic E-state index is 0.117. The van der Waals surface area contributed by atoms with Crippen LogP contribution in [0.25, 0.3) is 0 Å². The number of benzene rings is 2. The standard InChI is InChI=1S/C16H16ClNO3/c1-2-20-15(19)9-11-5-3-8-14(16(11)18)21-13-7-4-6-12(17)10-13/h3-8,10H,2,9,18H2,1H3. The number of nitrogen functional groups attached to an aromatic ring is 1. The van der Waals surface area contributed by atoms with E-state index in [0.29, 0.717) is 34.4 Å². The summed E-state index contributed by atoms with van der Waals surface area (Å²) < 4.78 is 10.6. The Hall–Kier alpha value is -2.20. The van der Waals surface area contributed by atoms with Gasteiger partial charge in [0, 0.05) is 5.02 Å². The van der Waals surface area contributed by atoms with Crippen molar-refractivity contribution >= 4 is 23.3 Å². The van der Waals surface area contributed by atoms with Gasteiger partial charge < -0.3 is 15.2 Å². The highest BCUT2D eigenvalue weighted by molar-refractivity contribution is 6.30. The van der Waals surface area contributed by atoms with Crippen LogP contribution in [0.3, 0.4) is 0 Å². The lowest BCUT2D eigenvalue weighted by atomic mass is 10.1. The maximum Gasteiger partial charge on any atom is 0.310 e. The molecular formula is C16H16ClNO3. The van der Waals surface area contributed by atoms with Crippen LogP contribution >= 0.6 is 11.6 Å². The number of para-hydroxylation sites is 1. The minimum atomic E-state index is -0.316. The van der Waals surface area contributed by atoms with Crippen molar-refractivity contribution in [1.82, 2.24) is 0 Å². The molecule has 0 aromatic heterocycles. The summed E-state index contributed by atoms with van der Waals surface area (Å²) in [6.07, 6.45) is 0.117. The van der Waals surface area contributed by atoms with Crippen LogP contribution in [-0.4, -0.2) is 12.6 Å². The van der Waals surface area contributed by atoms with Gasteiger partial charge in [0.05, 0.1) is 18.7 Å². The Balaban J connectivity index is 2.19. The highest BCUT2D eigenvalue weighted by atomic mass is 35.5. The first-order valence-electron chi connectivity index (χ1n) is 6.56. The highest BCUT2D eigenvalue weighted by Gasteiger charge is 2.11. The van der Waals surface area contributed by atoms with Gasteiger partial charge in [-0.15, -0.1) is 0 Å².